The predicted octanol–water partition coefficient (Wildman–Crippen LogP) is 1.85. The van der Waals surface area contributed by atoms with Crippen LogP contribution in [0.4, 0.5) is 0 Å². The van der Waals surface area contributed by atoms with Gasteiger partial charge in [-0.05, 0) is 22.0 Å². The Balaban J connectivity index is 3.00. The molecule has 0 amide bonds. The summed E-state index contributed by atoms with van der Waals surface area (Å²) in [7, 11) is 1.53. The topological polar surface area (TPSA) is 56.9 Å². The van der Waals surface area contributed by atoms with Crippen molar-refractivity contribution in [3.8, 4) is 0 Å². The van der Waals surface area contributed by atoms with E-state index in [2.05, 4.69) is 15.9 Å². The Morgan fingerprint density at radius 1 is 1.27 bits per heavy atom. The zero-order valence-corrected chi connectivity index (χ0v) is 7.53. The van der Waals surface area contributed by atoms with Gasteiger partial charge in [-0.25, -0.2) is 0 Å². The maximum atomic E-state index is 7.27. The highest BCUT2D eigenvalue weighted by molar-refractivity contribution is 9.12. The first-order chi connectivity index (χ1) is 5.15. The molecule has 0 unspecified atom stereocenters. The molecule has 0 fully saturated rings. The van der Waals surface area contributed by atoms with E-state index in [0.717, 1.165) is 0 Å². The summed E-state index contributed by atoms with van der Waals surface area (Å²) in [5.41, 5.74) is 0.364. The van der Waals surface area contributed by atoms with Crippen LogP contribution in [0.15, 0.2) is 22.4 Å². The Morgan fingerprint density at radius 3 is 2.36 bits per heavy atom. The molecule has 2 N–H and O–H groups in total. The Labute approximate surface area is 72.9 Å². The SMILES string of the molecule is COC1=CC(=N)C(=N)C=C1Br. The molecule has 0 aliphatic heterocycles. The van der Waals surface area contributed by atoms with E-state index in [-0.39, 0.29) is 11.4 Å². The minimum absolute atomic E-state index is 0.171. The molecule has 0 aromatic rings. The van der Waals surface area contributed by atoms with Crippen LogP contribution >= 0.6 is 15.9 Å². The lowest BCUT2D eigenvalue weighted by Crippen LogP contribution is -2.12. The molecule has 4 heteroatoms. The van der Waals surface area contributed by atoms with Crippen molar-refractivity contribution in [2.75, 3.05) is 7.11 Å². The van der Waals surface area contributed by atoms with Crippen LogP contribution in [-0.4, -0.2) is 18.5 Å². The van der Waals surface area contributed by atoms with E-state index in [0.29, 0.717) is 10.2 Å². The van der Waals surface area contributed by atoms with Crippen LogP contribution in [-0.2, 0) is 4.74 Å². The van der Waals surface area contributed by atoms with Gasteiger partial charge in [0.2, 0.25) is 0 Å². The van der Waals surface area contributed by atoms with Crippen molar-refractivity contribution in [1.82, 2.24) is 0 Å². The van der Waals surface area contributed by atoms with Crippen LogP contribution in [0.3, 0.4) is 0 Å². The Morgan fingerprint density at radius 2 is 1.82 bits per heavy atom. The van der Waals surface area contributed by atoms with Gasteiger partial charge in [-0.15, -0.1) is 0 Å². The van der Waals surface area contributed by atoms with Crippen LogP contribution in [0.25, 0.3) is 0 Å². The number of allylic oxidation sites excluding steroid dienone is 3. The maximum absolute atomic E-state index is 7.27. The Hall–Kier alpha value is -0.900. The molecule has 0 atom stereocenters. The number of halogens is 1. The second-order valence-corrected chi connectivity index (χ2v) is 2.89. The molecule has 11 heavy (non-hydrogen) atoms. The molecular weight excluding hydrogens is 208 g/mol. The molecule has 0 heterocycles. The predicted molar refractivity (Wildman–Crippen MR) is 47.6 cm³/mol. The highest BCUT2D eigenvalue weighted by atomic mass is 79.9. The van der Waals surface area contributed by atoms with E-state index >= 15 is 0 Å². The summed E-state index contributed by atoms with van der Waals surface area (Å²) in [6, 6.07) is 0. The fourth-order valence-electron chi connectivity index (χ4n) is 0.710. The zero-order chi connectivity index (χ0) is 8.43. The van der Waals surface area contributed by atoms with Crippen LogP contribution in [0.2, 0.25) is 0 Å². The number of ether oxygens (including phenoxy) is 1. The van der Waals surface area contributed by atoms with Gasteiger partial charge in [-0.2, -0.15) is 0 Å². The quantitative estimate of drug-likeness (QED) is 0.644. The van der Waals surface area contributed by atoms with E-state index in [9.17, 15) is 0 Å². The number of nitrogens with one attached hydrogen (secondary N) is 2. The Kier molecular flexibility index (Phi) is 2.24. The van der Waals surface area contributed by atoms with Gasteiger partial charge in [0.15, 0.2) is 0 Å². The molecule has 3 nitrogen and oxygen atoms in total. The maximum Gasteiger partial charge on any atom is 0.135 e. The standard InChI is InChI=1S/C7H7BrN2O/c1-11-7-3-6(10)5(9)2-4(7)8/h2-3,9-10H,1H3. The van der Waals surface area contributed by atoms with Gasteiger partial charge in [0.05, 0.1) is 23.0 Å². The van der Waals surface area contributed by atoms with Crippen LogP contribution in [0.5, 0.6) is 0 Å². The first-order valence-electron chi connectivity index (χ1n) is 2.96. The summed E-state index contributed by atoms with van der Waals surface area (Å²) >= 11 is 3.21. The molecule has 0 spiro atoms. The normalized spacial score (nSPS) is 17.6. The van der Waals surface area contributed by atoms with Gasteiger partial charge in [-0.3, -0.25) is 10.8 Å². The van der Waals surface area contributed by atoms with Crippen molar-refractivity contribution in [1.29, 1.82) is 10.8 Å². The van der Waals surface area contributed by atoms with Crippen molar-refractivity contribution in [3.05, 3.63) is 22.4 Å². The average molecular weight is 215 g/mol. The molecule has 0 saturated carbocycles. The van der Waals surface area contributed by atoms with E-state index in [1.54, 1.807) is 6.08 Å². The molecular formula is C7H7BrN2O. The molecule has 0 aromatic heterocycles. The summed E-state index contributed by atoms with van der Waals surface area (Å²) in [6.45, 7) is 0. The minimum atomic E-state index is 0.171. The summed E-state index contributed by atoms with van der Waals surface area (Å²) in [4.78, 5) is 0. The summed E-state index contributed by atoms with van der Waals surface area (Å²) in [5.74, 6) is 0.589. The van der Waals surface area contributed by atoms with Crippen LogP contribution in [0.1, 0.15) is 0 Å². The van der Waals surface area contributed by atoms with Crippen molar-refractivity contribution < 1.29 is 4.74 Å². The first-order valence-corrected chi connectivity index (χ1v) is 3.75. The molecule has 1 rings (SSSR count). The molecule has 0 saturated heterocycles. The highest BCUT2D eigenvalue weighted by Crippen LogP contribution is 2.21. The smallest absolute Gasteiger partial charge is 0.135 e. The van der Waals surface area contributed by atoms with Crippen molar-refractivity contribution in [3.63, 3.8) is 0 Å². The lowest BCUT2D eigenvalue weighted by Gasteiger charge is -2.10. The summed E-state index contributed by atoms with van der Waals surface area (Å²) < 4.78 is 5.64. The third kappa shape index (κ3) is 1.57. The van der Waals surface area contributed by atoms with Crippen LogP contribution in [0, 0.1) is 10.8 Å². The van der Waals surface area contributed by atoms with Crippen LogP contribution < -0.4 is 0 Å². The molecule has 1 aliphatic carbocycles. The number of rotatable bonds is 1. The number of methoxy groups -OCH3 is 1. The fourth-order valence-corrected chi connectivity index (χ4v) is 1.22. The number of hydrogen-bond donors (Lipinski definition) is 2. The van der Waals surface area contributed by atoms with Crippen molar-refractivity contribution in [2.24, 2.45) is 0 Å². The Bertz CT molecular complexity index is 278. The fraction of sp³-hybridized carbons (Fsp3) is 0.143. The van der Waals surface area contributed by atoms with E-state index in [4.69, 9.17) is 15.6 Å². The summed E-state index contributed by atoms with van der Waals surface area (Å²) in [5, 5.41) is 14.5. The van der Waals surface area contributed by atoms with Gasteiger partial charge in [0, 0.05) is 6.08 Å². The van der Waals surface area contributed by atoms with E-state index < -0.39 is 0 Å². The van der Waals surface area contributed by atoms with Gasteiger partial charge >= 0.3 is 0 Å². The average Bonchev–Trinajstić information content (AvgIpc) is 1.97. The highest BCUT2D eigenvalue weighted by Gasteiger charge is 2.12. The lowest BCUT2D eigenvalue weighted by atomic mass is 10.1. The molecule has 0 bridgehead atoms. The largest absolute Gasteiger partial charge is 0.495 e. The lowest BCUT2D eigenvalue weighted by molar-refractivity contribution is 0.306. The van der Waals surface area contributed by atoms with Gasteiger partial charge in [0.1, 0.15) is 5.76 Å². The van der Waals surface area contributed by atoms with Crippen molar-refractivity contribution >= 4 is 27.4 Å². The molecule has 0 aromatic carbocycles. The minimum Gasteiger partial charge on any atom is -0.495 e. The monoisotopic (exact) mass is 214 g/mol. The second kappa shape index (κ2) is 3.00. The molecule has 0 radical (unpaired) electrons. The van der Waals surface area contributed by atoms with Crippen molar-refractivity contribution in [2.45, 2.75) is 0 Å². The zero-order valence-electron chi connectivity index (χ0n) is 5.94. The van der Waals surface area contributed by atoms with Gasteiger partial charge in [-0.1, -0.05) is 0 Å². The summed E-state index contributed by atoms with van der Waals surface area (Å²) in [6.07, 6.45) is 3.05. The third-order valence-corrected chi connectivity index (χ3v) is 1.91. The number of hydrogen-bond acceptors (Lipinski definition) is 3. The molecule has 1 aliphatic rings. The molecule has 58 valence electrons. The van der Waals surface area contributed by atoms with Gasteiger partial charge in [0.25, 0.3) is 0 Å². The van der Waals surface area contributed by atoms with Gasteiger partial charge < -0.3 is 4.74 Å². The third-order valence-electron chi connectivity index (χ3n) is 1.29. The van der Waals surface area contributed by atoms with E-state index in [1.807, 2.05) is 0 Å². The van der Waals surface area contributed by atoms with E-state index in [1.165, 1.54) is 13.2 Å². The second-order valence-electron chi connectivity index (χ2n) is 2.03. The first kappa shape index (κ1) is 8.20.